The van der Waals surface area contributed by atoms with Crippen molar-refractivity contribution in [1.82, 2.24) is 0 Å². The largest absolute Gasteiger partial charge is 0.321 e. The van der Waals surface area contributed by atoms with E-state index >= 15 is 0 Å². The predicted octanol–water partition coefficient (Wildman–Crippen LogP) is 4.91. The highest BCUT2D eigenvalue weighted by Crippen LogP contribution is 2.59. The second kappa shape index (κ2) is 5.14. The van der Waals surface area contributed by atoms with Crippen LogP contribution >= 0.6 is 11.6 Å². The molecule has 4 rings (SSSR count). The number of likely N-dealkylation sites (N-methyl/N-ethyl adjacent to an activating group) is 1. The molecule has 0 radical (unpaired) electrons. The zero-order valence-corrected chi connectivity index (χ0v) is 14.5. The van der Waals surface area contributed by atoms with Gasteiger partial charge in [0.2, 0.25) is 0 Å². The second-order valence-electron chi connectivity index (χ2n) is 8.20. The molecule has 2 bridgehead atoms. The molecule has 2 atom stereocenters. The van der Waals surface area contributed by atoms with E-state index in [9.17, 15) is 0 Å². The summed E-state index contributed by atoms with van der Waals surface area (Å²) >= 11 is 5.98. The highest BCUT2D eigenvalue weighted by molar-refractivity contribution is 6.30. The predicted molar refractivity (Wildman–Crippen MR) is 90.2 cm³/mol. The van der Waals surface area contributed by atoms with Crippen LogP contribution in [0.25, 0.3) is 0 Å². The van der Waals surface area contributed by atoms with E-state index in [4.69, 9.17) is 11.6 Å². The Hall–Kier alpha value is -0.790. The number of rotatable bonds is 4. The maximum atomic E-state index is 5.98. The minimum atomic E-state index is 0.532. The van der Waals surface area contributed by atoms with Crippen LogP contribution in [0.1, 0.15) is 32.3 Å². The lowest BCUT2D eigenvalue weighted by molar-refractivity contribution is -0.899. The van der Waals surface area contributed by atoms with Gasteiger partial charge >= 0.3 is 0 Å². The number of halogens is 1. The van der Waals surface area contributed by atoms with Crippen LogP contribution in [-0.4, -0.2) is 25.1 Å². The smallest absolute Gasteiger partial charge is 0.104 e. The SMILES string of the molecule is CC1(C)[C@H]2CC=C(C[N+](C)(C)Cc3ccc(Cl)cc3)[C@@H]1C2. The van der Waals surface area contributed by atoms with E-state index in [-0.39, 0.29) is 0 Å². The summed E-state index contributed by atoms with van der Waals surface area (Å²) in [6.07, 6.45) is 5.24. The van der Waals surface area contributed by atoms with Crippen LogP contribution in [0.15, 0.2) is 35.9 Å². The number of hydrogen-bond acceptors (Lipinski definition) is 0. The summed E-state index contributed by atoms with van der Waals surface area (Å²) in [7, 11) is 4.68. The Morgan fingerprint density at radius 3 is 2.38 bits per heavy atom. The van der Waals surface area contributed by atoms with Gasteiger partial charge in [0.15, 0.2) is 0 Å². The molecule has 1 aromatic carbocycles. The number of quaternary nitrogens is 1. The average Bonchev–Trinajstić information content (AvgIpc) is 2.40. The van der Waals surface area contributed by atoms with Crippen LogP contribution in [0.3, 0.4) is 0 Å². The average molecular weight is 305 g/mol. The van der Waals surface area contributed by atoms with Crippen molar-refractivity contribution >= 4 is 11.6 Å². The minimum absolute atomic E-state index is 0.532. The molecule has 1 fully saturated rings. The van der Waals surface area contributed by atoms with Gasteiger partial charge in [0.25, 0.3) is 0 Å². The third kappa shape index (κ3) is 2.91. The van der Waals surface area contributed by atoms with Crippen LogP contribution in [0.2, 0.25) is 5.02 Å². The van der Waals surface area contributed by atoms with Crippen molar-refractivity contribution in [3.8, 4) is 0 Å². The van der Waals surface area contributed by atoms with Crippen molar-refractivity contribution in [2.24, 2.45) is 17.3 Å². The molecule has 0 unspecified atom stereocenters. The highest BCUT2D eigenvalue weighted by atomic mass is 35.5. The molecule has 0 saturated heterocycles. The molecule has 21 heavy (non-hydrogen) atoms. The lowest BCUT2D eigenvalue weighted by atomic mass is 9.49. The van der Waals surface area contributed by atoms with E-state index in [1.807, 2.05) is 12.1 Å². The lowest BCUT2D eigenvalue weighted by Crippen LogP contribution is -2.52. The molecule has 1 nitrogen and oxygen atoms in total. The Balaban J connectivity index is 1.69. The summed E-state index contributed by atoms with van der Waals surface area (Å²) in [6.45, 7) is 7.14. The van der Waals surface area contributed by atoms with E-state index in [1.54, 1.807) is 5.57 Å². The normalized spacial score (nSPS) is 27.0. The van der Waals surface area contributed by atoms with E-state index in [2.05, 4.69) is 46.2 Å². The molecule has 3 aliphatic rings. The molecule has 0 heterocycles. The van der Waals surface area contributed by atoms with Crippen LogP contribution in [0.4, 0.5) is 0 Å². The Labute approximate surface area is 134 Å². The molecule has 0 aromatic heterocycles. The van der Waals surface area contributed by atoms with Crippen LogP contribution in [-0.2, 0) is 6.54 Å². The Morgan fingerprint density at radius 1 is 1.14 bits per heavy atom. The molecule has 1 saturated carbocycles. The van der Waals surface area contributed by atoms with Gasteiger partial charge in [0, 0.05) is 10.6 Å². The van der Waals surface area contributed by atoms with Crippen molar-refractivity contribution < 1.29 is 4.48 Å². The van der Waals surface area contributed by atoms with E-state index in [0.717, 1.165) is 27.9 Å². The molecule has 3 aliphatic carbocycles. The highest BCUT2D eigenvalue weighted by Gasteiger charge is 2.52. The molecule has 0 aliphatic heterocycles. The topological polar surface area (TPSA) is 0 Å². The Kier molecular flexibility index (Phi) is 3.70. The van der Waals surface area contributed by atoms with Crippen molar-refractivity contribution in [3.05, 3.63) is 46.5 Å². The molecule has 1 aromatic rings. The maximum Gasteiger partial charge on any atom is 0.104 e. The van der Waals surface area contributed by atoms with Crippen molar-refractivity contribution in [2.45, 2.75) is 33.2 Å². The quantitative estimate of drug-likeness (QED) is 0.548. The summed E-state index contributed by atoms with van der Waals surface area (Å²) in [6, 6.07) is 8.30. The minimum Gasteiger partial charge on any atom is -0.321 e. The first-order chi connectivity index (χ1) is 9.78. The first kappa shape index (κ1) is 15.1. The van der Waals surface area contributed by atoms with E-state index in [1.165, 1.54) is 24.9 Å². The van der Waals surface area contributed by atoms with Gasteiger partial charge in [-0.15, -0.1) is 0 Å². The van der Waals surface area contributed by atoms with Crippen LogP contribution in [0.5, 0.6) is 0 Å². The number of nitrogens with zero attached hydrogens (tertiary/aromatic N) is 1. The van der Waals surface area contributed by atoms with Crippen LogP contribution < -0.4 is 0 Å². The van der Waals surface area contributed by atoms with Crippen molar-refractivity contribution in [1.29, 1.82) is 0 Å². The van der Waals surface area contributed by atoms with Gasteiger partial charge in [-0.05, 0) is 47.8 Å². The second-order valence-corrected chi connectivity index (χ2v) is 8.64. The summed E-state index contributed by atoms with van der Waals surface area (Å²) in [5.41, 5.74) is 3.60. The number of allylic oxidation sites excluding steroid dienone is 1. The van der Waals surface area contributed by atoms with Gasteiger partial charge in [-0.1, -0.05) is 43.7 Å². The van der Waals surface area contributed by atoms with Crippen molar-refractivity contribution in [3.63, 3.8) is 0 Å². The van der Waals surface area contributed by atoms with Crippen LogP contribution in [0, 0.1) is 17.3 Å². The third-order valence-corrected chi connectivity index (χ3v) is 5.97. The zero-order chi connectivity index (χ0) is 15.3. The van der Waals surface area contributed by atoms with Gasteiger partial charge in [-0.25, -0.2) is 0 Å². The molecule has 2 heteroatoms. The van der Waals surface area contributed by atoms with Gasteiger partial charge in [-0.2, -0.15) is 0 Å². The number of benzene rings is 1. The molecule has 0 N–H and O–H groups in total. The molecule has 0 amide bonds. The zero-order valence-electron chi connectivity index (χ0n) is 13.7. The first-order valence-corrected chi connectivity index (χ1v) is 8.41. The maximum absolute atomic E-state index is 5.98. The lowest BCUT2D eigenvalue weighted by Gasteiger charge is -2.57. The molecular formula is C19H27ClN+. The summed E-state index contributed by atoms with van der Waals surface area (Å²) in [4.78, 5) is 0. The monoisotopic (exact) mass is 304 g/mol. The molecule has 0 spiro atoms. The van der Waals surface area contributed by atoms with Gasteiger partial charge < -0.3 is 4.48 Å². The summed E-state index contributed by atoms with van der Waals surface area (Å²) in [5.74, 6) is 1.75. The van der Waals surface area contributed by atoms with Gasteiger partial charge in [-0.3, -0.25) is 0 Å². The number of fused-ring (bicyclic) bond motifs is 1. The first-order valence-electron chi connectivity index (χ1n) is 8.03. The van der Waals surface area contributed by atoms with E-state index < -0.39 is 0 Å². The Bertz CT molecular complexity index is 553. The standard InChI is InChI=1S/C19H27ClN/c1-19(2)16-8-7-15(18(19)11-16)13-21(3,4)12-14-5-9-17(20)10-6-14/h5-7,9-10,16,18H,8,11-13H2,1-4H3/q+1/t16-,18-/m0/s1. The fraction of sp³-hybridized carbons (Fsp3) is 0.579. The van der Waals surface area contributed by atoms with Gasteiger partial charge in [0.05, 0.1) is 14.1 Å². The summed E-state index contributed by atoms with van der Waals surface area (Å²) in [5, 5.41) is 0.821. The Morgan fingerprint density at radius 2 is 1.81 bits per heavy atom. The van der Waals surface area contributed by atoms with Gasteiger partial charge in [0.1, 0.15) is 13.1 Å². The molecular weight excluding hydrogens is 278 g/mol. The van der Waals surface area contributed by atoms with E-state index in [0.29, 0.717) is 5.41 Å². The fourth-order valence-corrected chi connectivity index (χ4v) is 4.42. The number of hydrogen-bond donors (Lipinski definition) is 0. The van der Waals surface area contributed by atoms with Crippen molar-refractivity contribution in [2.75, 3.05) is 20.6 Å². The third-order valence-electron chi connectivity index (χ3n) is 5.72. The molecule has 114 valence electrons. The fourth-order valence-electron chi connectivity index (χ4n) is 4.29. The summed E-state index contributed by atoms with van der Waals surface area (Å²) < 4.78 is 1.02.